The second-order valence-corrected chi connectivity index (χ2v) is 4.56. The second kappa shape index (κ2) is 3.80. The van der Waals surface area contributed by atoms with Crippen LogP contribution in [0.5, 0.6) is 0 Å². The number of hydrogen-bond donors (Lipinski definition) is 0. The highest BCUT2D eigenvalue weighted by atomic mass is 79.9. The van der Waals surface area contributed by atoms with E-state index in [1.165, 1.54) is 0 Å². The predicted molar refractivity (Wildman–Crippen MR) is 55.7 cm³/mol. The lowest BCUT2D eigenvalue weighted by atomic mass is 10.0. The molecule has 0 unspecified atom stereocenters. The van der Waals surface area contributed by atoms with Crippen molar-refractivity contribution in [3.8, 4) is 0 Å². The lowest BCUT2D eigenvalue weighted by Crippen LogP contribution is -2.26. The van der Waals surface area contributed by atoms with Gasteiger partial charge in [-0.3, -0.25) is 4.68 Å². The zero-order chi connectivity index (χ0) is 10.1. The lowest BCUT2D eigenvalue weighted by Gasteiger charge is -2.22. The Morgan fingerprint density at radius 3 is 2.62 bits per heavy atom. The summed E-state index contributed by atoms with van der Waals surface area (Å²) in [6.45, 7) is 4.12. The molecular weight excluding hydrogens is 232 g/mol. The zero-order valence-electron chi connectivity index (χ0n) is 8.47. The van der Waals surface area contributed by atoms with Gasteiger partial charge in [0, 0.05) is 20.6 Å². The molecule has 0 aliphatic carbocycles. The van der Waals surface area contributed by atoms with Crippen molar-refractivity contribution in [3.63, 3.8) is 0 Å². The third kappa shape index (κ3) is 2.54. The molecule has 0 radical (unpaired) electrons. The Labute approximate surface area is 87.2 Å². The van der Waals surface area contributed by atoms with Crippen molar-refractivity contribution in [1.82, 2.24) is 9.78 Å². The van der Waals surface area contributed by atoms with Crippen LogP contribution in [0.25, 0.3) is 0 Å². The molecule has 0 amide bonds. The number of aromatic nitrogens is 2. The van der Waals surface area contributed by atoms with Crippen molar-refractivity contribution < 1.29 is 4.74 Å². The summed E-state index contributed by atoms with van der Waals surface area (Å²) in [7, 11) is 3.66. The van der Waals surface area contributed by atoms with Crippen LogP contribution in [0.1, 0.15) is 19.5 Å². The van der Waals surface area contributed by atoms with E-state index in [2.05, 4.69) is 34.9 Å². The Balaban J connectivity index is 2.85. The highest BCUT2D eigenvalue weighted by Crippen LogP contribution is 2.22. The molecule has 1 aromatic rings. The summed E-state index contributed by atoms with van der Waals surface area (Å²) in [4.78, 5) is 0. The molecule has 0 aromatic carbocycles. The fourth-order valence-electron chi connectivity index (χ4n) is 1.11. The second-order valence-electron chi connectivity index (χ2n) is 3.70. The number of halogens is 1. The maximum Gasteiger partial charge on any atom is 0.0678 e. The van der Waals surface area contributed by atoms with E-state index < -0.39 is 0 Å². The van der Waals surface area contributed by atoms with Crippen molar-refractivity contribution in [2.45, 2.75) is 25.9 Å². The Kier molecular flexibility index (Phi) is 3.14. The quantitative estimate of drug-likeness (QED) is 0.818. The maximum absolute atomic E-state index is 5.36. The number of ether oxygens (including phenoxy) is 1. The van der Waals surface area contributed by atoms with Gasteiger partial charge >= 0.3 is 0 Å². The molecule has 4 heteroatoms. The van der Waals surface area contributed by atoms with Gasteiger partial charge in [-0.25, -0.2) is 0 Å². The van der Waals surface area contributed by atoms with Crippen LogP contribution >= 0.6 is 15.9 Å². The van der Waals surface area contributed by atoms with E-state index in [0.717, 1.165) is 16.6 Å². The fourth-order valence-corrected chi connectivity index (χ4v) is 1.60. The molecule has 74 valence electrons. The Morgan fingerprint density at radius 2 is 2.23 bits per heavy atom. The van der Waals surface area contributed by atoms with Crippen molar-refractivity contribution in [2.24, 2.45) is 7.05 Å². The summed E-state index contributed by atoms with van der Waals surface area (Å²) < 4.78 is 8.27. The minimum atomic E-state index is -0.143. The van der Waals surface area contributed by atoms with Gasteiger partial charge in [-0.05, 0) is 29.8 Å². The molecule has 0 spiro atoms. The van der Waals surface area contributed by atoms with Gasteiger partial charge in [0.25, 0.3) is 0 Å². The van der Waals surface area contributed by atoms with E-state index >= 15 is 0 Å². The summed E-state index contributed by atoms with van der Waals surface area (Å²) in [5, 5.41) is 4.15. The predicted octanol–water partition coefficient (Wildman–Crippen LogP) is 2.15. The van der Waals surface area contributed by atoms with E-state index in [4.69, 9.17) is 4.74 Å². The number of hydrogen-bond acceptors (Lipinski definition) is 2. The molecule has 0 N–H and O–H groups in total. The summed E-state index contributed by atoms with van der Waals surface area (Å²) >= 11 is 3.46. The van der Waals surface area contributed by atoms with Crippen LogP contribution in [-0.4, -0.2) is 22.5 Å². The van der Waals surface area contributed by atoms with Gasteiger partial charge in [0.05, 0.1) is 22.0 Å². The van der Waals surface area contributed by atoms with Crippen LogP contribution in [0.4, 0.5) is 0 Å². The average molecular weight is 247 g/mol. The maximum atomic E-state index is 5.36. The first kappa shape index (κ1) is 10.7. The van der Waals surface area contributed by atoms with Gasteiger partial charge in [0.1, 0.15) is 0 Å². The molecular formula is C9H15BrN2O. The molecule has 0 aliphatic heterocycles. The SMILES string of the molecule is COC(C)(C)Cc1c(Br)cnn1C. The van der Waals surface area contributed by atoms with E-state index in [9.17, 15) is 0 Å². The summed E-state index contributed by atoms with van der Waals surface area (Å²) in [5.41, 5.74) is 1.02. The minimum Gasteiger partial charge on any atom is -0.378 e. The average Bonchev–Trinajstić information content (AvgIpc) is 2.36. The molecule has 0 fully saturated rings. The Hall–Kier alpha value is -0.350. The molecule has 0 bridgehead atoms. The number of nitrogens with zero attached hydrogens (tertiary/aromatic N) is 2. The standard InChI is InChI=1S/C9H15BrN2O/c1-9(2,13-4)5-8-7(10)6-11-12(8)3/h6H,5H2,1-4H3. The Morgan fingerprint density at radius 1 is 1.62 bits per heavy atom. The zero-order valence-corrected chi connectivity index (χ0v) is 10.1. The topological polar surface area (TPSA) is 27.1 Å². The molecule has 13 heavy (non-hydrogen) atoms. The van der Waals surface area contributed by atoms with Gasteiger partial charge < -0.3 is 4.74 Å². The van der Waals surface area contributed by atoms with E-state index in [0.29, 0.717) is 0 Å². The fraction of sp³-hybridized carbons (Fsp3) is 0.667. The molecule has 1 heterocycles. The summed E-state index contributed by atoms with van der Waals surface area (Å²) in [6.07, 6.45) is 2.65. The lowest BCUT2D eigenvalue weighted by molar-refractivity contribution is 0.0216. The van der Waals surface area contributed by atoms with Crippen LogP contribution in [0.2, 0.25) is 0 Å². The third-order valence-electron chi connectivity index (χ3n) is 2.16. The van der Waals surface area contributed by atoms with Crippen LogP contribution in [0.3, 0.4) is 0 Å². The van der Waals surface area contributed by atoms with Crippen molar-refractivity contribution >= 4 is 15.9 Å². The first-order valence-electron chi connectivity index (χ1n) is 4.18. The van der Waals surface area contributed by atoms with Crippen molar-refractivity contribution in [1.29, 1.82) is 0 Å². The van der Waals surface area contributed by atoms with E-state index in [1.807, 2.05) is 11.7 Å². The third-order valence-corrected chi connectivity index (χ3v) is 2.82. The molecule has 1 aromatic heterocycles. The Bertz CT molecular complexity index is 274. The molecule has 0 saturated heterocycles. The van der Waals surface area contributed by atoms with Crippen molar-refractivity contribution in [3.05, 3.63) is 16.4 Å². The molecule has 3 nitrogen and oxygen atoms in total. The number of methoxy groups -OCH3 is 1. The van der Waals surface area contributed by atoms with Crippen LogP contribution in [-0.2, 0) is 18.2 Å². The number of rotatable bonds is 3. The van der Waals surface area contributed by atoms with Gasteiger partial charge in [-0.15, -0.1) is 0 Å². The van der Waals surface area contributed by atoms with Crippen molar-refractivity contribution in [2.75, 3.05) is 7.11 Å². The first-order chi connectivity index (χ1) is 5.96. The monoisotopic (exact) mass is 246 g/mol. The van der Waals surface area contributed by atoms with Crippen LogP contribution < -0.4 is 0 Å². The minimum absolute atomic E-state index is 0.143. The highest BCUT2D eigenvalue weighted by Gasteiger charge is 2.20. The first-order valence-corrected chi connectivity index (χ1v) is 4.97. The summed E-state index contributed by atoms with van der Waals surface area (Å²) in [6, 6.07) is 0. The van der Waals surface area contributed by atoms with Gasteiger partial charge in [-0.1, -0.05) is 0 Å². The molecule has 1 rings (SSSR count). The smallest absolute Gasteiger partial charge is 0.0678 e. The van der Waals surface area contributed by atoms with E-state index in [1.54, 1.807) is 13.3 Å². The largest absolute Gasteiger partial charge is 0.378 e. The number of aryl methyl sites for hydroxylation is 1. The highest BCUT2D eigenvalue weighted by molar-refractivity contribution is 9.10. The van der Waals surface area contributed by atoms with Gasteiger partial charge in [-0.2, -0.15) is 5.10 Å². The van der Waals surface area contributed by atoms with E-state index in [-0.39, 0.29) is 5.60 Å². The molecule has 0 aliphatic rings. The molecule has 0 saturated carbocycles. The van der Waals surface area contributed by atoms with Crippen LogP contribution in [0.15, 0.2) is 10.7 Å². The summed E-state index contributed by atoms with van der Waals surface area (Å²) in [5.74, 6) is 0. The van der Waals surface area contributed by atoms with Crippen LogP contribution in [0, 0.1) is 0 Å². The normalized spacial score (nSPS) is 12.1. The molecule has 0 atom stereocenters. The van der Waals surface area contributed by atoms with Gasteiger partial charge in [0.15, 0.2) is 0 Å². The van der Waals surface area contributed by atoms with Gasteiger partial charge in [0.2, 0.25) is 0 Å².